The zero-order valence-electron chi connectivity index (χ0n) is 7.42. The van der Waals surface area contributed by atoms with Crippen LogP contribution in [-0.2, 0) is 4.79 Å². The first kappa shape index (κ1) is 10.4. The van der Waals surface area contributed by atoms with Gasteiger partial charge < -0.3 is 0 Å². The van der Waals surface area contributed by atoms with Crippen LogP contribution in [-0.4, -0.2) is 29.9 Å². The quantitative estimate of drug-likeness (QED) is 0.336. The van der Waals surface area contributed by atoms with Crippen molar-refractivity contribution in [3.8, 4) is 0 Å². The summed E-state index contributed by atoms with van der Waals surface area (Å²) in [5, 5.41) is 0. The Morgan fingerprint density at radius 1 is 1.55 bits per heavy atom. The summed E-state index contributed by atoms with van der Waals surface area (Å²) in [4.78, 5) is 13.0. The number of carbonyl (C=O) groups is 1. The van der Waals surface area contributed by atoms with Crippen molar-refractivity contribution in [1.82, 2.24) is 10.3 Å². The molecule has 0 aliphatic rings. The van der Waals surface area contributed by atoms with Gasteiger partial charge in [0.05, 0.1) is 6.04 Å². The van der Waals surface area contributed by atoms with Gasteiger partial charge in [0.15, 0.2) is 0 Å². The predicted molar refractivity (Wildman–Crippen MR) is 44.7 cm³/mol. The SMILES string of the molecule is CCN(CC)C(C)C(=O)NN. The maximum atomic E-state index is 11.0. The topological polar surface area (TPSA) is 58.4 Å². The molecule has 0 aliphatic carbocycles. The van der Waals surface area contributed by atoms with Crippen LogP contribution in [0.5, 0.6) is 0 Å². The third kappa shape index (κ3) is 2.86. The van der Waals surface area contributed by atoms with Gasteiger partial charge in [-0.3, -0.25) is 15.1 Å². The van der Waals surface area contributed by atoms with Gasteiger partial charge in [0.25, 0.3) is 5.91 Å². The van der Waals surface area contributed by atoms with Crippen molar-refractivity contribution in [2.75, 3.05) is 13.1 Å². The van der Waals surface area contributed by atoms with Crippen molar-refractivity contribution in [2.24, 2.45) is 5.84 Å². The molecule has 3 N–H and O–H groups in total. The van der Waals surface area contributed by atoms with Crippen molar-refractivity contribution in [3.63, 3.8) is 0 Å². The molecule has 0 spiro atoms. The van der Waals surface area contributed by atoms with Crippen LogP contribution in [0.15, 0.2) is 0 Å². The van der Waals surface area contributed by atoms with Crippen LogP contribution >= 0.6 is 0 Å². The van der Waals surface area contributed by atoms with Crippen LogP contribution in [0.3, 0.4) is 0 Å². The predicted octanol–water partition coefficient (Wildman–Crippen LogP) is -0.293. The molecule has 1 amide bonds. The van der Waals surface area contributed by atoms with Gasteiger partial charge in [-0.2, -0.15) is 0 Å². The highest BCUT2D eigenvalue weighted by Gasteiger charge is 2.16. The lowest BCUT2D eigenvalue weighted by molar-refractivity contribution is -0.125. The Kier molecular flexibility index (Phi) is 4.81. The Hall–Kier alpha value is -0.610. The Morgan fingerprint density at radius 2 is 2.00 bits per heavy atom. The summed E-state index contributed by atoms with van der Waals surface area (Å²) in [5.74, 6) is 4.86. The van der Waals surface area contributed by atoms with E-state index in [2.05, 4.69) is 5.43 Å². The minimum Gasteiger partial charge on any atom is -0.293 e. The lowest BCUT2D eigenvalue weighted by Gasteiger charge is -2.24. The molecule has 0 saturated heterocycles. The van der Waals surface area contributed by atoms with Crippen LogP contribution in [0.1, 0.15) is 20.8 Å². The van der Waals surface area contributed by atoms with E-state index in [0.717, 1.165) is 13.1 Å². The van der Waals surface area contributed by atoms with Gasteiger partial charge in [0.2, 0.25) is 0 Å². The van der Waals surface area contributed by atoms with Crippen LogP contribution in [0, 0.1) is 0 Å². The maximum Gasteiger partial charge on any atom is 0.250 e. The van der Waals surface area contributed by atoms with Crippen LogP contribution < -0.4 is 11.3 Å². The largest absolute Gasteiger partial charge is 0.293 e. The average molecular weight is 159 g/mol. The Morgan fingerprint density at radius 3 is 2.27 bits per heavy atom. The Balaban J connectivity index is 3.97. The molecule has 66 valence electrons. The number of amides is 1. The van der Waals surface area contributed by atoms with Crippen molar-refractivity contribution in [2.45, 2.75) is 26.8 Å². The van der Waals surface area contributed by atoms with E-state index in [-0.39, 0.29) is 11.9 Å². The molecule has 4 nitrogen and oxygen atoms in total. The summed E-state index contributed by atoms with van der Waals surface area (Å²) in [5.41, 5.74) is 2.13. The molecule has 4 heteroatoms. The fourth-order valence-electron chi connectivity index (χ4n) is 1.06. The first-order valence-electron chi connectivity index (χ1n) is 3.91. The minimum atomic E-state index is -0.131. The number of hydrogen-bond acceptors (Lipinski definition) is 3. The number of hydrogen-bond donors (Lipinski definition) is 2. The van der Waals surface area contributed by atoms with E-state index in [1.54, 1.807) is 0 Å². The molecule has 0 rings (SSSR count). The molecule has 0 aromatic carbocycles. The smallest absolute Gasteiger partial charge is 0.250 e. The Labute approximate surface area is 67.7 Å². The van der Waals surface area contributed by atoms with E-state index in [0.29, 0.717) is 0 Å². The van der Waals surface area contributed by atoms with Crippen molar-refractivity contribution >= 4 is 5.91 Å². The molecular formula is C7H17N3O. The lowest BCUT2D eigenvalue weighted by Crippen LogP contribution is -2.47. The fraction of sp³-hybridized carbons (Fsp3) is 0.857. The summed E-state index contributed by atoms with van der Waals surface area (Å²) in [6.45, 7) is 7.61. The highest BCUT2D eigenvalue weighted by molar-refractivity contribution is 5.80. The average Bonchev–Trinajstić information content (AvgIpc) is 2.05. The van der Waals surface area contributed by atoms with E-state index in [1.165, 1.54) is 0 Å². The number of rotatable bonds is 4. The molecule has 1 unspecified atom stereocenters. The molecule has 0 saturated carbocycles. The second-order valence-electron chi connectivity index (χ2n) is 2.41. The molecule has 0 aromatic heterocycles. The first-order chi connectivity index (χ1) is 5.17. The molecular weight excluding hydrogens is 142 g/mol. The standard InChI is InChI=1S/C7H17N3O/c1-4-10(5-2)6(3)7(11)9-8/h6H,4-5,8H2,1-3H3,(H,9,11). The van der Waals surface area contributed by atoms with E-state index in [9.17, 15) is 4.79 Å². The van der Waals surface area contributed by atoms with Gasteiger partial charge in [-0.1, -0.05) is 13.8 Å². The maximum absolute atomic E-state index is 11.0. The monoisotopic (exact) mass is 159 g/mol. The molecule has 11 heavy (non-hydrogen) atoms. The second kappa shape index (κ2) is 5.09. The third-order valence-electron chi connectivity index (χ3n) is 1.88. The highest BCUT2D eigenvalue weighted by atomic mass is 16.2. The van der Waals surface area contributed by atoms with Gasteiger partial charge in [-0.25, -0.2) is 5.84 Å². The Bertz CT molecular complexity index is 123. The number of hydrazine groups is 1. The van der Waals surface area contributed by atoms with E-state index >= 15 is 0 Å². The molecule has 0 radical (unpaired) electrons. The van der Waals surface area contributed by atoms with Crippen molar-refractivity contribution < 1.29 is 4.79 Å². The summed E-state index contributed by atoms with van der Waals surface area (Å²) < 4.78 is 0. The molecule has 0 aliphatic heterocycles. The van der Waals surface area contributed by atoms with Crippen LogP contribution in [0.25, 0.3) is 0 Å². The van der Waals surface area contributed by atoms with Gasteiger partial charge in [0, 0.05) is 0 Å². The first-order valence-corrected chi connectivity index (χ1v) is 3.91. The number of nitrogens with zero attached hydrogens (tertiary/aromatic N) is 1. The van der Waals surface area contributed by atoms with Gasteiger partial charge >= 0.3 is 0 Å². The van der Waals surface area contributed by atoms with Gasteiger partial charge in [-0.05, 0) is 20.0 Å². The van der Waals surface area contributed by atoms with Crippen molar-refractivity contribution in [3.05, 3.63) is 0 Å². The highest BCUT2D eigenvalue weighted by Crippen LogP contribution is 1.96. The van der Waals surface area contributed by atoms with Crippen LogP contribution in [0.4, 0.5) is 0 Å². The van der Waals surface area contributed by atoms with Crippen LogP contribution in [0.2, 0.25) is 0 Å². The van der Waals surface area contributed by atoms with Crippen molar-refractivity contribution in [1.29, 1.82) is 0 Å². The molecule has 0 aromatic rings. The lowest BCUT2D eigenvalue weighted by atomic mass is 10.2. The zero-order valence-corrected chi connectivity index (χ0v) is 7.42. The molecule has 0 heterocycles. The summed E-state index contributed by atoms with van der Waals surface area (Å²) in [6, 6.07) is -0.130. The van der Waals surface area contributed by atoms with E-state index < -0.39 is 0 Å². The van der Waals surface area contributed by atoms with E-state index in [1.807, 2.05) is 25.7 Å². The molecule has 1 atom stereocenters. The minimum absolute atomic E-state index is 0.130. The van der Waals surface area contributed by atoms with Gasteiger partial charge in [0.1, 0.15) is 0 Å². The molecule has 0 fully saturated rings. The third-order valence-corrected chi connectivity index (χ3v) is 1.88. The second-order valence-corrected chi connectivity index (χ2v) is 2.41. The number of nitrogens with two attached hydrogens (primary N) is 1. The summed E-state index contributed by atoms with van der Waals surface area (Å²) in [6.07, 6.45) is 0. The number of carbonyl (C=O) groups excluding carboxylic acids is 1. The van der Waals surface area contributed by atoms with E-state index in [4.69, 9.17) is 5.84 Å². The number of likely N-dealkylation sites (N-methyl/N-ethyl adjacent to an activating group) is 1. The molecule has 0 bridgehead atoms. The van der Waals surface area contributed by atoms with Gasteiger partial charge in [-0.15, -0.1) is 0 Å². The summed E-state index contributed by atoms with van der Waals surface area (Å²) in [7, 11) is 0. The summed E-state index contributed by atoms with van der Waals surface area (Å²) >= 11 is 0. The number of nitrogens with one attached hydrogen (secondary N) is 1. The fourth-order valence-corrected chi connectivity index (χ4v) is 1.06. The normalized spacial score (nSPS) is 13.2. The zero-order chi connectivity index (χ0) is 8.85.